The lowest BCUT2D eigenvalue weighted by Gasteiger charge is -2.05. The van der Waals surface area contributed by atoms with Gasteiger partial charge in [-0.25, -0.2) is 9.67 Å². The molecule has 4 aromatic rings. The van der Waals surface area contributed by atoms with Gasteiger partial charge in [-0.1, -0.05) is 103 Å². The van der Waals surface area contributed by atoms with Crippen molar-refractivity contribution in [3.8, 4) is 11.4 Å². The van der Waals surface area contributed by atoms with Crippen LogP contribution in [0.5, 0.6) is 0 Å². The first-order valence-electron chi connectivity index (χ1n) is 8.59. The Bertz CT molecular complexity index is 951. The molecule has 0 radical (unpaired) electrons. The molecular formula is C22H19N3S. The maximum atomic E-state index is 4.81. The van der Waals surface area contributed by atoms with Gasteiger partial charge in [-0.2, -0.15) is 0 Å². The van der Waals surface area contributed by atoms with Gasteiger partial charge in [0.25, 0.3) is 0 Å². The summed E-state index contributed by atoms with van der Waals surface area (Å²) < 4.78 is 2.00. The van der Waals surface area contributed by atoms with Gasteiger partial charge in [0, 0.05) is 11.3 Å². The number of benzene rings is 3. The first kappa shape index (κ1) is 16.6. The Morgan fingerprint density at radius 1 is 0.692 bits per heavy atom. The van der Waals surface area contributed by atoms with Crippen molar-refractivity contribution in [2.24, 2.45) is 0 Å². The smallest absolute Gasteiger partial charge is 0.209 e. The molecule has 26 heavy (non-hydrogen) atoms. The summed E-state index contributed by atoms with van der Waals surface area (Å²) in [6, 6.07) is 31.1. The van der Waals surface area contributed by atoms with Crippen molar-refractivity contribution >= 4 is 11.8 Å². The lowest BCUT2D eigenvalue weighted by molar-refractivity contribution is 0.672. The van der Waals surface area contributed by atoms with E-state index in [9.17, 15) is 0 Å². The van der Waals surface area contributed by atoms with E-state index in [0.29, 0.717) is 6.54 Å². The molecule has 4 rings (SSSR count). The first-order chi connectivity index (χ1) is 12.9. The van der Waals surface area contributed by atoms with Gasteiger partial charge in [0.1, 0.15) is 0 Å². The monoisotopic (exact) mass is 357 g/mol. The van der Waals surface area contributed by atoms with Crippen molar-refractivity contribution in [3.63, 3.8) is 0 Å². The molecule has 3 nitrogen and oxygen atoms in total. The van der Waals surface area contributed by atoms with Crippen LogP contribution in [0.1, 0.15) is 11.1 Å². The number of aromatic nitrogens is 3. The predicted octanol–water partition coefficient (Wildman–Crippen LogP) is 5.29. The second-order valence-electron chi connectivity index (χ2n) is 6.00. The van der Waals surface area contributed by atoms with E-state index in [-0.39, 0.29) is 0 Å². The normalized spacial score (nSPS) is 10.8. The summed E-state index contributed by atoms with van der Waals surface area (Å²) in [6.07, 6.45) is 0. The molecule has 3 aromatic carbocycles. The van der Waals surface area contributed by atoms with Crippen LogP contribution in [0.25, 0.3) is 11.4 Å². The highest BCUT2D eigenvalue weighted by Gasteiger charge is 2.13. The van der Waals surface area contributed by atoms with E-state index >= 15 is 0 Å². The fourth-order valence-electron chi connectivity index (χ4n) is 2.77. The molecule has 0 atom stereocenters. The van der Waals surface area contributed by atoms with Crippen molar-refractivity contribution in [1.29, 1.82) is 0 Å². The Balaban J connectivity index is 1.61. The summed E-state index contributed by atoms with van der Waals surface area (Å²) in [6.45, 7) is 0.712. The standard InChI is InChI=1S/C22H19N3S/c1-4-10-18(11-5-1)16-25-21(20-14-8-3-9-15-20)23-22(24-25)26-17-19-12-6-2-7-13-19/h1-15H,16-17H2. The number of rotatable bonds is 6. The van der Waals surface area contributed by atoms with Crippen LogP contribution in [0, 0.1) is 0 Å². The van der Waals surface area contributed by atoms with E-state index in [0.717, 1.165) is 22.3 Å². The third-order valence-corrected chi connectivity index (χ3v) is 4.98. The Labute approximate surface area is 157 Å². The average Bonchev–Trinajstić information content (AvgIpc) is 3.11. The molecular weight excluding hydrogens is 338 g/mol. The van der Waals surface area contributed by atoms with Gasteiger partial charge in [-0.15, -0.1) is 5.10 Å². The van der Waals surface area contributed by atoms with Gasteiger partial charge < -0.3 is 0 Å². The van der Waals surface area contributed by atoms with Crippen LogP contribution in [0.3, 0.4) is 0 Å². The molecule has 0 N–H and O–H groups in total. The number of hydrogen-bond acceptors (Lipinski definition) is 3. The summed E-state index contributed by atoms with van der Waals surface area (Å²) in [5.74, 6) is 1.77. The Hall–Kier alpha value is -2.85. The number of thioether (sulfide) groups is 1. The summed E-state index contributed by atoms with van der Waals surface area (Å²) in [5, 5.41) is 5.57. The number of hydrogen-bond donors (Lipinski definition) is 0. The molecule has 0 aliphatic heterocycles. The molecule has 1 aromatic heterocycles. The van der Waals surface area contributed by atoms with E-state index in [1.165, 1.54) is 11.1 Å². The van der Waals surface area contributed by atoms with Crippen molar-refractivity contribution in [2.45, 2.75) is 17.5 Å². The SMILES string of the molecule is c1ccc(CSc2nc(-c3ccccc3)n(Cc3ccccc3)n2)cc1. The van der Waals surface area contributed by atoms with Gasteiger partial charge >= 0.3 is 0 Å². The van der Waals surface area contributed by atoms with Gasteiger partial charge in [-0.05, 0) is 11.1 Å². The Morgan fingerprint density at radius 3 is 1.92 bits per heavy atom. The highest BCUT2D eigenvalue weighted by Crippen LogP contribution is 2.25. The van der Waals surface area contributed by atoms with Crippen LogP contribution in [0.4, 0.5) is 0 Å². The van der Waals surface area contributed by atoms with Crippen LogP contribution >= 0.6 is 11.8 Å². The van der Waals surface area contributed by atoms with Crippen molar-refractivity contribution in [2.75, 3.05) is 0 Å². The topological polar surface area (TPSA) is 30.7 Å². The van der Waals surface area contributed by atoms with Crippen molar-refractivity contribution in [3.05, 3.63) is 102 Å². The first-order valence-corrected chi connectivity index (χ1v) is 9.58. The molecule has 1 heterocycles. The Morgan fingerprint density at radius 2 is 1.27 bits per heavy atom. The van der Waals surface area contributed by atoms with Gasteiger partial charge in [0.15, 0.2) is 5.82 Å². The summed E-state index contributed by atoms with van der Waals surface area (Å²) in [5.41, 5.74) is 3.58. The van der Waals surface area contributed by atoms with E-state index in [4.69, 9.17) is 10.1 Å². The maximum absolute atomic E-state index is 4.81. The molecule has 0 saturated heterocycles. The second kappa shape index (κ2) is 8.02. The van der Waals surface area contributed by atoms with E-state index in [1.807, 2.05) is 35.0 Å². The van der Waals surface area contributed by atoms with Crippen LogP contribution in [-0.2, 0) is 12.3 Å². The second-order valence-corrected chi connectivity index (χ2v) is 6.94. The third-order valence-electron chi connectivity index (χ3n) is 4.07. The molecule has 0 aliphatic carbocycles. The lowest BCUT2D eigenvalue weighted by Crippen LogP contribution is -2.04. The highest BCUT2D eigenvalue weighted by atomic mass is 32.2. The van der Waals surface area contributed by atoms with Crippen LogP contribution < -0.4 is 0 Å². The van der Waals surface area contributed by atoms with E-state index in [1.54, 1.807) is 11.8 Å². The number of nitrogens with zero attached hydrogens (tertiary/aromatic N) is 3. The summed E-state index contributed by atoms with van der Waals surface area (Å²) in [4.78, 5) is 4.81. The van der Waals surface area contributed by atoms with E-state index in [2.05, 4.69) is 60.7 Å². The summed E-state index contributed by atoms with van der Waals surface area (Å²) in [7, 11) is 0. The zero-order valence-electron chi connectivity index (χ0n) is 14.3. The largest absolute Gasteiger partial charge is 0.240 e. The van der Waals surface area contributed by atoms with Crippen LogP contribution in [-0.4, -0.2) is 14.8 Å². The molecule has 0 bridgehead atoms. The molecule has 4 heteroatoms. The average molecular weight is 357 g/mol. The quantitative estimate of drug-likeness (QED) is 0.440. The fourth-order valence-corrected chi connectivity index (χ4v) is 3.57. The lowest BCUT2D eigenvalue weighted by atomic mass is 10.2. The molecule has 0 amide bonds. The maximum Gasteiger partial charge on any atom is 0.209 e. The minimum Gasteiger partial charge on any atom is -0.240 e. The van der Waals surface area contributed by atoms with Gasteiger partial charge in [-0.3, -0.25) is 0 Å². The summed E-state index contributed by atoms with van der Waals surface area (Å²) >= 11 is 1.67. The third kappa shape index (κ3) is 4.03. The molecule has 0 unspecified atom stereocenters. The predicted molar refractivity (Wildman–Crippen MR) is 107 cm³/mol. The molecule has 0 spiro atoms. The zero-order valence-corrected chi connectivity index (χ0v) is 15.1. The zero-order chi connectivity index (χ0) is 17.6. The minimum atomic E-state index is 0.712. The molecule has 0 fully saturated rings. The fraction of sp³-hybridized carbons (Fsp3) is 0.0909. The van der Waals surface area contributed by atoms with Gasteiger partial charge in [0.05, 0.1) is 6.54 Å². The Kier molecular flexibility index (Phi) is 5.12. The van der Waals surface area contributed by atoms with Gasteiger partial charge in [0.2, 0.25) is 5.16 Å². The highest BCUT2D eigenvalue weighted by molar-refractivity contribution is 7.98. The van der Waals surface area contributed by atoms with E-state index < -0.39 is 0 Å². The molecule has 0 saturated carbocycles. The van der Waals surface area contributed by atoms with Crippen LogP contribution in [0.2, 0.25) is 0 Å². The van der Waals surface area contributed by atoms with Crippen molar-refractivity contribution < 1.29 is 0 Å². The minimum absolute atomic E-state index is 0.712. The van der Waals surface area contributed by atoms with Crippen LogP contribution in [0.15, 0.2) is 96.2 Å². The van der Waals surface area contributed by atoms with Crippen molar-refractivity contribution in [1.82, 2.24) is 14.8 Å². The molecule has 128 valence electrons. The molecule has 0 aliphatic rings.